The van der Waals surface area contributed by atoms with Gasteiger partial charge in [-0.25, -0.2) is 9.37 Å². The lowest BCUT2D eigenvalue weighted by atomic mass is 10.1. The zero-order valence-corrected chi connectivity index (χ0v) is 11.6. The highest BCUT2D eigenvalue weighted by molar-refractivity contribution is 6.34. The number of fused-ring (bicyclic) bond motifs is 1. The van der Waals surface area contributed by atoms with Crippen LogP contribution in [0, 0.1) is 5.82 Å². The third-order valence-electron chi connectivity index (χ3n) is 3.03. The minimum absolute atomic E-state index is 0.211. The minimum atomic E-state index is -0.394. The van der Waals surface area contributed by atoms with Crippen molar-refractivity contribution in [2.75, 3.05) is 5.32 Å². The van der Waals surface area contributed by atoms with Crippen LogP contribution in [0.3, 0.4) is 0 Å². The molecule has 3 rings (SSSR count). The summed E-state index contributed by atoms with van der Waals surface area (Å²) in [5.41, 5.74) is 0.704. The third-order valence-corrected chi connectivity index (χ3v) is 3.32. The Labute approximate surface area is 125 Å². The van der Waals surface area contributed by atoms with Crippen molar-refractivity contribution < 1.29 is 9.18 Å². The summed E-state index contributed by atoms with van der Waals surface area (Å²) in [5, 5.41) is 4.55. The Morgan fingerprint density at radius 3 is 2.57 bits per heavy atom. The van der Waals surface area contributed by atoms with Gasteiger partial charge in [-0.3, -0.25) is 4.79 Å². The van der Waals surface area contributed by atoms with Gasteiger partial charge in [0.2, 0.25) is 0 Å². The largest absolute Gasteiger partial charge is 0.321 e. The Kier molecular flexibility index (Phi) is 3.54. The maximum Gasteiger partial charge on any atom is 0.274 e. The first-order chi connectivity index (χ1) is 10.1. The lowest BCUT2D eigenvalue weighted by Gasteiger charge is -2.07. The fraction of sp³-hybridized carbons (Fsp3) is 0. The van der Waals surface area contributed by atoms with Gasteiger partial charge in [0, 0.05) is 11.1 Å². The van der Waals surface area contributed by atoms with Gasteiger partial charge in [0.25, 0.3) is 5.91 Å². The first-order valence-electron chi connectivity index (χ1n) is 6.26. The van der Waals surface area contributed by atoms with E-state index in [9.17, 15) is 9.18 Å². The quantitative estimate of drug-likeness (QED) is 0.718. The second kappa shape index (κ2) is 5.50. The number of pyridine rings is 1. The van der Waals surface area contributed by atoms with Crippen LogP contribution in [0.2, 0.25) is 5.15 Å². The Hall–Kier alpha value is -2.46. The molecule has 3 aromatic rings. The van der Waals surface area contributed by atoms with Crippen molar-refractivity contribution in [3.63, 3.8) is 0 Å². The molecule has 0 fully saturated rings. The summed E-state index contributed by atoms with van der Waals surface area (Å²) in [5.74, 6) is -0.755. The second-order valence-corrected chi connectivity index (χ2v) is 4.84. The Morgan fingerprint density at radius 1 is 1.10 bits per heavy atom. The molecule has 0 spiro atoms. The molecule has 1 heterocycles. The van der Waals surface area contributed by atoms with Gasteiger partial charge in [-0.2, -0.15) is 0 Å². The van der Waals surface area contributed by atoms with Crippen molar-refractivity contribution in [2.45, 2.75) is 0 Å². The van der Waals surface area contributed by atoms with Gasteiger partial charge in [0.15, 0.2) is 0 Å². The van der Waals surface area contributed by atoms with E-state index in [2.05, 4.69) is 10.3 Å². The predicted molar refractivity (Wildman–Crippen MR) is 81.1 cm³/mol. The molecule has 0 unspecified atom stereocenters. The van der Waals surface area contributed by atoms with Crippen LogP contribution in [0.25, 0.3) is 10.8 Å². The molecule has 3 nitrogen and oxygen atoms in total. The van der Waals surface area contributed by atoms with Crippen LogP contribution in [-0.2, 0) is 0 Å². The van der Waals surface area contributed by atoms with Crippen molar-refractivity contribution in [1.29, 1.82) is 0 Å². The lowest BCUT2D eigenvalue weighted by Crippen LogP contribution is -2.13. The van der Waals surface area contributed by atoms with Gasteiger partial charge >= 0.3 is 0 Å². The minimum Gasteiger partial charge on any atom is -0.321 e. The number of anilines is 1. The molecule has 0 aliphatic carbocycles. The molecule has 1 N–H and O–H groups in total. The van der Waals surface area contributed by atoms with Crippen molar-refractivity contribution >= 4 is 34.0 Å². The molecule has 0 aliphatic heterocycles. The van der Waals surface area contributed by atoms with E-state index in [1.807, 2.05) is 24.3 Å². The number of hydrogen-bond donors (Lipinski definition) is 1. The number of halogens is 2. The number of aromatic nitrogens is 1. The van der Waals surface area contributed by atoms with Gasteiger partial charge in [-0.15, -0.1) is 0 Å². The molecule has 0 saturated heterocycles. The first-order valence-corrected chi connectivity index (χ1v) is 6.63. The van der Waals surface area contributed by atoms with Gasteiger partial charge in [0.05, 0.1) is 0 Å². The fourth-order valence-electron chi connectivity index (χ4n) is 2.00. The zero-order valence-electron chi connectivity index (χ0n) is 10.8. The molecular weight excluding hydrogens is 291 g/mol. The van der Waals surface area contributed by atoms with E-state index in [0.717, 1.165) is 10.8 Å². The number of benzene rings is 2. The summed E-state index contributed by atoms with van der Waals surface area (Å²) in [6.45, 7) is 0. The average Bonchev–Trinajstić information content (AvgIpc) is 2.49. The molecular formula is C16H10ClFN2O. The van der Waals surface area contributed by atoms with Crippen LogP contribution in [0.1, 0.15) is 10.5 Å². The monoisotopic (exact) mass is 300 g/mol. The molecule has 2 aromatic carbocycles. The molecule has 21 heavy (non-hydrogen) atoms. The van der Waals surface area contributed by atoms with E-state index < -0.39 is 5.91 Å². The molecule has 104 valence electrons. The van der Waals surface area contributed by atoms with Crippen molar-refractivity contribution in [2.24, 2.45) is 0 Å². The highest BCUT2D eigenvalue weighted by Gasteiger charge is 2.11. The molecule has 1 aromatic heterocycles. The first kappa shape index (κ1) is 13.5. The number of hydrogen-bond acceptors (Lipinski definition) is 2. The zero-order chi connectivity index (χ0) is 14.8. The third kappa shape index (κ3) is 2.85. The SMILES string of the molecule is O=C(Nc1ccc(F)cc1)c1cc2ccccc2c(Cl)n1. The summed E-state index contributed by atoms with van der Waals surface area (Å²) in [7, 11) is 0. The van der Waals surface area contributed by atoms with Crippen molar-refractivity contribution in [1.82, 2.24) is 4.98 Å². The number of carbonyl (C=O) groups excluding carboxylic acids is 1. The highest BCUT2D eigenvalue weighted by Crippen LogP contribution is 2.22. The average molecular weight is 301 g/mol. The van der Waals surface area contributed by atoms with E-state index in [-0.39, 0.29) is 16.7 Å². The van der Waals surface area contributed by atoms with E-state index in [0.29, 0.717) is 5.69 Å². The standard InChI is InChI=1S/C16H10ClFN2O/c17-15-13-4-2-1-3-10(13)9-14(20-15)16(21)19-12-7-5-11(18)6-8-12/h1-9H,(H,19,21). The molecule has 0 radical (unpaired) electrons. The van der Waals surface area contributed by atoms with Crippen LogP contribution < -0.4 is 5.32 Å². The number of carbonyl (C=O) groups is 1. The Balaban J connectivity index is 1.92. The maximum atomic E-state index is 12.8. The smallest absolute Gasteiger partial charge is 0.274 e. The van der Waals surface area contributed by atoms with E-state index in [4.69, 9.17) is 11.6 Å². The lowest BCUT2D eigenvalue weighted by molar-refractivity contribution is 0.102. The normalized spacial score (nSPS) is 10.6. The number of nitrogens with one attached hydrogen (secondary N) is 1. The second-order valence-electron chi connectivity index (χ2n) is 4.48. The fourth-order valence-corrected chi connectivity index (χ4v) is 2.26. The molecule has 1 amide bonds. The molecule has 0 aliphatic rings. The molecule has 0 bridgehead atoms. The van der Waals surface area contributed by atoms with Gasteiger partial charge in [0.1, 0.15) is 16.7 Å². The number of nitrogens with zero attached hydrogens (tertiary/aromatic N) is 1. The summed E-state index contributed by atoms with van der Waals surface area (Å²) in [4.78, 5) is 16.3. The van der Waals surface area contributed by atoms with E-state index in [1.165, 1.54) is 24.3 Å². The number of rotatable bonds is 2. The van der Waals surface area contributed by atoms with Gasteiger partial charge in [-0.05, 0) is 35.7 Å². The van der Waals surface area contributed by atoms with Crippen LogP contribution in [0.15, 0.2) is 54.6 Å². The van der Waals surface area contributed by atoms with E-state index >= 15 is 0 Å². The van der Waals surface area contributed by atoms with Crippen LogP contribution >= 0.6 is 11.6 Å². The Morgan fingerprint density at radius 2 is 1.81 bits per heavy atom. The molecule has 5 heteroatoms. The predicted octanol–water partition coefficient (Wildman–Crippen LogP) is 4.28. The van der Waals surface area contributed by atoms with Gasteiger partial charge < -0.3 is 5.32 Å². The summed E-state index contributed by atoms with van der Waals surface area (Å²) in [6, 6.07) is 14.6. The Bertz CT molecular complexity index is 818. The van der Waals surface area contributed by atoms with Gasteiger partial charge in [-0.1, -0.05) is 35.9 Å². The summed E-state index contributed by atoms with van der Waals surface area (Å²) in [6.07, 6.45) is 0. The highest BCUT2D eigenvalue weighted by atomic mass is 35.5. The van der Waals surface area contributed by atoms with E-state index in [1.54, 1.807) is 6.07 Å². The van der Waals surface area contributed by atoms with Crippen LogP contribution in [0.4, 0.5) is 10.1 Å². The van der Waals surface area contributed by atoms with Crippen molar-refractivity contribution in [3.05, 3.63) is 71.3 Å². The maximum absolute atomic E-state index is 12.8. The van der Waals surface area contributed by atoms with Crippen LogP contribution in [-0.4, -0.2) is 10.9 Å². The molecule has 0 saturated carbocycles. The van der Waals surface area contributed by atoms with Crippen molar-refractivity contribution in [3.8, 4) is 0 Å². The topological polar surface area (TPSA) is 42.0 Å². The molecule has 0 atom stereocenters. The summed E-state index contributed by atoms with van der Waals surface area (Å²) >= 11 is 6.09. The summed E-state index contributed by atoms with van der Waals surface area (Å²) < 4.78 is 12.8. The number of amides is 1. The van der Waals surface area contributed by atoms with Crippen LogP contribution in [0.5, 0.6) is 0 Å².